The van der Waals surface area contributed by atoms with E-state index in [2.05, 4.69) is 29.2 Å². The molecule has 1 aliphatic heterocycles. The molecule has 2 aromatic carbocycles. The van der Waals surface area contributed by atoms with Crippen molar-refractivity contribution in [3.8, 4) is 0 Å². The lowest BCUT2D eigenvalue weighted by Crippen LogP contribution is -2.39. The average Bonchev–Trinajstić information content (AvgIpc) is 2.68. The molecule has 3 rings (SSSR count). The lowest BCUT2D eigenvalue weighted by Gasteiger charge is -2.32. The van der Waals surface area contributed by atoms with Crippen molar-refractivity contribution in [3.63, 3.8) is 0 Å². The zero-order valence-electron chi connectivity index (χ0n) is 15.7. The van der Waals surface area contributed by atoms with E-state index in [1.165, 1.54) is 30.0 Å². The van der Waals surface area contributed by atoms with Crippen molar-refractivity contribution >= 4 is 16.7 Å². The molecule has 0 bridgehead atoms. The van der Waals surface area contributed by atoms with Gasteiger partial charge in [0.25, 0.3) is 0 Å². The van der Waals surface area contributed by atoms with Crippen molar-refractivity contribution in [1.29, 1.82) is 0 Å². The molecule has 1 N–H and O–H groups in total. The predicted octanol–water partition coefficient (Wildman–Crippen LogP) is 4.56. The van der Waals surface area contributed by atoms with Crippen LogP contribution < -0.4 is 0 Å². The number of unbranched alkanes of at least 4 members (excludes halogenated alkanes) is 3. The van der Waals surface area contributed by atoms with Gasteiger partial charge in [0.15, 0.2) is 0 Å². The van der Waals surface area contributed by atoms with Crippen molar-refractivity contribution in [2.75, 3.05) is 19.7 Å². The van der Waals surface area contributed by atoms with Crippen LogP contribution in [0.5, 0.6) is 0 Å². The number of rotatable bonds is 8. The van der Waals surface area contributed by atoms with E-state index in [1.807, 2.05) is 18.2 Å². The SMILES string of the molecule is O=C(Cc1cccc2ccccc12)N1CCC(CCCCCCO)CC1. The molecule has 0 radical (unpaired) electrons. The van der Waals surface area contributed by atoms with Gasteiger partial charge in [-0.25, -0.2) is 0 Å². The zero-order valence-corrected chi connectivity index (χ0v) is 15.7. The van der Waals surface area contributed by atoms with Crippen LogP contribution in [-0.4, -0.2) is 35.6 Å². The average molecular weight is 354 g/mol. The number of carbonyl (C=O) groups excluding carboxylic acids is 1. The Hall–Kier alpha value is -1.87. The van der Waals surface area contributed by atoms with Gasteiger partial charge in [-0.3, -0.25) is 4.79 Å². The molecule has 1 heterocycles. The third-order valence-corrected chi connectivity index (χ3v) is 5.71. The minimum absolute atomic E-state index is 0.266. The van der Waals surface area contributed by atoms with Gasteiger partial charge >= 0.3 is 0 Å². The summed E-state index contributed by atoms with van der Waals surface area (Å²) in [5, 5.41) is 11.2. The van der Waals surface area contributed by atoms with E-state index in [9.17, 15) is 4.79 Å². The first kappa shape index (κ1) is 18.9. The smallest absolute Gasteiger partial charge is 0.227 e. The van der Waals surface area contributed by atoms with Crippen LogP contribution >= 0.6 is 0 Å². The van der Waals surface area contributed by atoms with Gasteiger partial charge in [-0.1, -0.05) is 68.1 Å². The molecule has 3 nitrogen and oxygen atoms in total. The molecule has 2 aromatic rings. The van der Waals surface area contributed by atoms with E-state index < -0.39 is 0 Å². The Bertz CT molecular complexity index is 699. The number of piperidine rings is 1. The first-order valence-corrected chi connectivity index (χ1v) is 10.1. The molecule has 0 unspecified atom stereocenters. The largest absolute Gasteiger partial charge is 0.396 e. The predicted molar refractivity (Wildman–Crippen MR) is 107 cm³/mol. The van der Waals surface area contributed by atoms with E-state index in [0.717, 1.165) is 50.3 Å². The fourth-order valence-corrected chi connectivity index (χ4v) is 4.09. The second kappa shape index (κ2) is 9.72. The maximum atomic E-state index is 12.8. The quantitative estimate of drug-likeness (QED) is 0.707. The van der Waals surface area contributed by atoms with Crippen LogP contribution in [-0.2, 0) is 11.2 Å². The number of carbonyl (C=O) groups is 1. The number of amides is 1. The van der Waals surface area contributed by atoms with Crippen LogP contribution in [0.25, 0.3) is 10.8 Å². The number of aliphatic hydroxyl groups excluding tert-OH is 1. The summed E-state index contributed by atoms with van der Waals surface area (Å²) < 4.78 is 0. The van der Waals surface area contributed by atoms with E-state index in [-0.39, 0.29) is 5.91 Å². The van der Waals surface area contributed by atoms with Crippen LogP contribution in [0.15, 0.2) is 42.5 Å². The molecule has 140 valence electrons. The Morgan fingerprint density at radius 3 is 2.50 bits per heavy atom. The van der Waals surface area contributed by atoms with Crippen LogP contribution in [0, 0.1) is 5.92 Å². The number of hydrogen-bond donors (Lipinski definition) is 1. The highest BCUT2D eigenvalue weighted by atomic mass is 16.2. The zero-order chi connectivity index (χ0) is 18.2. The Morgan fingerprint density at radius 2 is 1.69 bits per heavy atom. The minimum atomic E-state index is 0.266. The monoisotopic (exact) mass is 353 g/mol. The number of benzene rings is 2. The standard InChI is InChI=1S/C23H31NO2/c25-17-6-2-1-3-8-19-13-15-24(16-14-19)23(26)18-21-11-7-10-20-9-4-5-12-22(20)21/h4-5,7,9-12,19,25H,1-3,6,8,13-18H2. The Morgan fingerprint density at radius 1 is 0.962 bits per heavy atom. The molecular formula is C23H31NO2. The lowest BCUT2D eigenvalue weighted by molar-refractivity contribution is -0.131. The maximum Gasteiger partial charge on any atom is 0.227 e. The Labute approximate surface area is 157 Å². The number of nitrogens with zero attached hydrogens (tertiary/aromatic N) is 1. The second-order valence-electron chi connectivity index (χ2n) is 7.57. The molecule has 1 amide bonds. The molecule has 26 heavy (non-hydrogen) atoms. The maximum absolute atomic E-state index is 12.8. The molecule has 0 aliphatic carbocycles. The third-order valence-electron chi connectivity index (χ3n) is 5.71. The van der Waals surface area contributed by atoms with Crippen molar-refractivity contribution < 1.29 is 9.90 Å². The summed E-state index contributed by atoms with van der Waals surface area (Å²) in [5.41, 5.74) is 1.14. The van der Waals surface area contributed by atoms with Gasteiger partial charge in [0.1, 0.15) is 0 Å². The highest BCUT2D eigenvalue weighted by Crippen LogP contribution is 2.25. The van der Waals surface area contributed by atoms with Crippen LogP contribution in [0.3, 0.4) is 0 Å². The minimum Gasteiger partial charge on any atom is -0.396 e. The van der Waals surface area contributed by atoms with Crippen LogP contribution in [0.1, 0.15) is 50.5 Å². The molecule has 0 atom stereocenters. The number of likely N-dealkylation sites (tertiary alicyclic amines) is 1. The third kappa shape index (κ3) is 5.07. The molecule has 0 spiro atoms. The van der Waals surface area contributed by atoms with Crippen LogP contribution in [0.2, 0.25) is 0 Å². The van der Waals surface area contributed by atoms with Gasteiger partial charge in [0, 0.05) is 19.7 Å². The highest BCUT2D eigenvalue weighted by Gasteiger charge is 2.22. The molecule has 3 heteroatoms. The van der Waals surface area contributed by atoms with Crippen molar-refractivity contribution in [2.24, 2.45) is 5.92 Å². The fourth-order valence-electron chi connectivity index (χ4n) is 4.09. The van der Waals surface area contributed by atoms with E-state index in [4.69, 9.17) is 5.11 Å². The summed E-state index contributed by atoms with van der Waals surface area (Å²) in [5.74, 6) is 1.04. The fraction of sp³-hybridized carbons (Fsp3) is 0.522. The normalized spacial score (nSPS) is 15.5. The number of fused-ring (bicyclic) bond motifs is 1. The summed E-state index contributed by atoms with van der Waals surface area (Å²) in [6.45, 7) is 2.13. The summed E-state index contributed by atoms with van der Waals surface area (Å²) in [6, 6.07) is 14.5. The van der Waals surface area contributed by atoms with Gasteiger partial charge in [-0.2, -0.15) is 0 Å². The first-order chi connectivity index (χ1) is 12.8. The van der Waals surface area contributed by atoms with Gasteiger partial charge in [0.2, 0.25) is 5.91 Å². The van der Waals surface area contributed by atoms with Gasteiger partial charge < -0.3 is 10.0 Å². The molecule has 1 aliphatic rings. The van der Waals surface area contributed by atoms with Gasteiger partial charge in [0.05, 0.1) is 6.42 Å². The summed E-state index contributed by atoms with van der Waals surface area (Å²) in [6.07, 6.45) is 8.61. The molecule has 1 fully saturated rings. The molecule has 0 aromatic heterocycles. The summed E-state index contributed by atoms with van der Waals surface area (Å²) >= 11 is 0. The highest BCUT2D eigenvalue weighted by molar-refractivity contribution is 5.90. The first-order valence-electron chi connectivity index (χ1n) is 10.1. The van der Waals surface area contributed by atoms with Gasteiger partial charge in [-0.05, 0) is 41.5 Å². The van der Waals surface area contributed by atoms with E-state index >= 15 is 0 Å². The molecule has 0 saturated carbocycles. The lowest BCUT2D eigenvalue weighted by atomic mass is 9.91. The van der Waals surface area contributed by atoms with Crippen LogP contribution in [0.4, 0.5) is 0 Å². The topological polar surface area (TPSA) is 40.5 Å². The van der Waals surface area contributed by atoms with Crippen molar-refractivity contribution in [1.82, 2.24) is 4.90 Å². The summed E-state index contributed by atoms with van der Waals surface area (Å²) in [7, 11) is 0. The van der Waals surface area contributed by atoms with Gasteiger partial charge in [-0.15, -0.1) is 0 Å². The van der Waals surface area contributed by atoms with E-state index in [1.54, 1.807) is 0 Å². The number of aliphatic hydroxyl groups is 1. The molecular weight excluding hydrogens is 322 g/mol. The molecule has 1 saturated heterocycles. The number of hydrogen-bond acceptors (Lipinski definition) is 2. The van der Waals surface area contributed by atoms with E-state index in [0.29, 0.717) is 13.0 Å². The van der Waals surface area contributed by atoms with Crippen molar-refractivity contribution in [3.05, 3.63) is 48.0 Å². The Balaban J connectivity index is 1.46. The van der Waals surface area contributed by atoms with Crippen molar-refractivity contribution in [2.45, 2.75) is 51.4 Å². The summed E-state index contributed by atoms with van der Waals surface area (Å²) in [4.78, 5) is 14.8. The second-order valence-corrected chi connectivity index (χ2v) is 7.57. The Kier molecular flexibility index (Phi) is 7.07.